The van der Waals surface area contributed by atoms with E-state index in [0.29, 0.717) is 18.6 Å². The average Bonchev–Trinajstić information content (AvgIpc) is 2.80. The smallest absolute Gasteiger partial charge is 0.422 e. The summed E-state index contributed by atoms with van der Waals surface area (Å²) in [4.78, 5) is 7.36. The van der Waals surface area contributed by atoms with Crippen LogP contribution < -0.4 is 15.4 Å². The number of aromatic nitrogens is 1. The number of nitrogens with zero attached hydrogens (tertiary/aromatic N) is 2. The zero-order valence-corrected chi connectivity index (χ0v) is 18.6. The van der Waals surface area contributed by atoms with Gasteiger partial charge in [0.05, 0.1) is 9.79 Å². The molecule has 0 saturated heterocycles. The molecule has 2 N–H and O–H groups in total. The third kappa shape index (κ3) is 6.91. The Labute approximate surface area is 193 Å². The molecule has 12 heteroatoms. The Hall–Kier alpha value is -3.67. The summed E-state index contributed by atoms with van der Waals surface area (Å²) in [5.74, 6) is -1.09. The first kappa shape index (κ1) is 25.0. The quantitative estimate of drug-likeness (QED) is 0.290. The number of benzene rings is 2. The molecule has 0 bridgehead atoms. The first-order valence-corrected chi connectivity index (χ1v) is 11.3. The van der Waals surface area contributed by atoms with Crippen LogP contribution >= 0.6 is 0 Å². The number of hydrogen-bond donors (Lipinski definition) is 2. The minimum atomic E-state index is -4.65. The molecule has 0 unspecified atom stereocenters. The van der Waals surface area contributed by atoms with Crippen LogP contribution in [0.5, 0.6) is 5.75 Å². The summed E-state index contributed by atoms with van der Waals surface area (Å²) in [7, 11) is -2.60. The molecule has 0 atom stereocenters. The third-order valence-electron chi connectivity index (χ3n) is 4.42. The van der Waals surface area contributed by atoms with Crippen molar-refractivity contribution in [1.29, 1.82) is 0 Å². The number of ether oxygens (including phenoxy) is 1. The number of pyridine rings is 1. The first-order chi connectivity index (χ1) is 16.1. The van der Waals surface area contributed by atoms with Gasteiger partial charge in [-0.25, -0.2) is 12.8 Å². The number of halogens is 4. The second-order valence-electron chi connectivity index (χ2n) is 6.96. The van der Waals surface area contributed by atoms with Crippen LogP contribution in [0.4, 0.5) is 23.2 Å². The van der Waals surface area contributed by atoms with Gasteiger partial charge in [0, 0.05) is 37.7 Å². The molecule has 7 nitrogen and oxygen atoms in total. The van der Waals surface area contributed by atoms with E-state index < -0.39 is 39.1 Å². The van der Waals surface area contributed by atoms with Crippen molar-refractivity contribution < 1.29 is 30.7 Å². The van der Waals surface area contributed by atoms with Gasteiger partial charge in [0.25, 0.3) is 0 Å². The molecule has 0 saturated carbocycles. The Bertz CT molecular complexity index is 1250. The predicted molar refractivity (Wildman–Crippen MR) is 118 cm³/mol. The van der Waals surface area contributed by atoms with E-state index in [0.717, 1.165) is 23.4 Å². The molecule has 180 valence electrons. The zero-order chi connectivity index (χ0) is 24.8. The summed E-state index contributed by atoms with van der Waals surface area (Å²) in [5.41, 5.74) is 1.50. The summed E-state index contributed by atoms with van der Waals surface area (Å²) in [5, 5.41) is 6.15. The van der Waals surface area contributed by atoms with E-state index in [4.69, 9.17) is 0 Å². The Morgan fingerprint density at radius 3 is 2.32 bits per heavy atom. The Balaban J connectivity index is 1.70. The molecular formula is C22H20F4N4O3S. The van der Waals surface area contributed by atoms with Crippen molar-refractivity contribution in [3.05, 3.63) is 78.4 Å². The molecule has 2 aromatic carbocycles. The minimum absolute atomic E-state index is 0.150. The lowest BCUT2D eigenvalue weighted by atomic mass is 10.2. The highest BCUT2D eigenvalue weighted by molar-refractivity contribution is 7.91. The van der Waals surface area contributed by atoms with Gasteiger partial charge in [-0.1, -0.05) is 12.1 Å². The molecule has 1 heterocycles. The van der Waals surface area contributed by atoms with Crippen molar-refractivity contribution in [2.75, 3.05) is 19.0 Å². The van der Waals surface area contributed by atoms with Crippen LogP contribution in [0.15, 0.2) is 81.8 Å². The van der Waals surface area contributed by atoms with E-state index >= 15 is 0 Å². The van der Waals surface area contributed by atoms with Gasteiger partial charge in [-0.3, -0.25) is 9.98 Å². The first-order valence-electron chi connectivity index (χ1n) is 9.79. The van der Waals surface area contributed by atoms with Gasteiger partial charge in [-0.05, 0) is 42.0 Å². The highest BCUT2D eigenvalue weighted by atomic mass is 32.2. The molecule has 3 rings (SSSR count). The lowest BCUT2D eigenvalue weighted by Gasteiger charge is -2.13. The molecule has 0 aliphatic carbocycles. The molecule has 0 aliphatic heterocycles. The van der Waals surface area contributed by atoms with Crippen LogP contribution in [-0.2, 0) is 16.4 Å². The van der Waals surface area contributed by atoms with Crippen LogP contribution in [0.2, 0.25) is 0 Å². The van der Waals surface area contributed by atoms with Gasteiger partial charge in [-0.2, -0.15) is 13.2 Å². The Morgan fingerprint density at radius 2 is 1.71 bits per heavy atom. The fraction of sp³-hybridized carbons (Fsp3) is 0.182. The number of aliphatic imine (C=N–C) groups is 1. The molecule has 0 radical (unpaired) electrons. The SMILES string of the molecule is C/N=C(\NCc1ccc(S(=O)(=O)c2cc(F)cc(OCC(F)(F)F)c2)cc1)Nc1ccncc1. The highest BCUT2D eigenvalue weighted by Crippen LogP contribution is 2.27. The number of guanidine groups is 1. The highest BCUT2D eigenvalue weighted by Gasteiger charge is 2.29. The maximum Gasteiger partial charge on any atom is 0.422 e. The summed E-state index contributed by atoms with van der Waals surface area (Å²) >= 11 is 0. The van der Waals surface area contributed by atoms with Gasteiger partial charge in [-0.15, -0.1) is 0 Å². The average molecular weight is 496 g/mol. The van der Waals surface area contributed by atoms with Gasteiger partial charge >= 0.3 is 6.18 Å². The molecule has 34 heavy (non-hydrogen) atoms. The van der Waals surface area contributed by atoms with Crippen LogP contribution in [0.1, 0.15) is 5.56 Å². The second-order valence-corrected chi connectivity index (χ2v) is 8.91. The normalized spacial score (nSPS) is 12.3. The maximum atomic E-state index is 13.9. The minimum Gasteiger partial charge on any atom is -0.484 e. The van der Waals surface area contributed by atoms with E-state index in [1.54, 1.807) is 43.7 Å². The number of nitrogens with one attached hydrogen (secondary N) is 2. The van der Waals surface area contributed by atoms with Gasteiger partial charge in [0.1, 0.15) is 11.6 Å². The molecule has 0 spiro atoms. The molecule has 3 aromatic rings. The van der Waals surface area contributed by atoms with Crippen molar-refractivity contribution in [2.45, 2.75) is 22.5 Å². The van der Waals surface area contributed by atoms with E-state index in [-0.39, 0.29) is 4.90 Å². The number of alkyl halides is 3. The Kier molecular flexibility index (Phi) is 7.72. The standard InChI is InChI=1S/C22H20F4N4O3S/c1-27-21(30-17-6-8-28-9-7-17)29-13-15-2-4-19(5-3-15)34(31,32)20-11-16(23)10-18(12-20)33-14-22(24,25)26/h2-12H,13-14H2,1H3,(H2,27,28,29,30). The number of sulfone groups is 1. The van der Waals surface area contributed by atoms with E-state index in [1.165, 1.54) is 12.1 Å². The van der Waals surface area contributed by atoms with Crippen LogP contribution in [-0.4, -0.2) is 39.2 Å². The molecule has 0 fully saturated rings. The number of anilines is 1. The Morgan fingerprint density at radius 1 is 1.03 bits per heavy atom. The van der Waals surface area contributed by atoms with Crippen molar-refractivity contribution >= 4 is 21.5 Å². The van der Waals surface area contributed by atoms with Crippen molar-refractivity contribution in [3.8, 4) is 5.75 Å². The number of hydrogen-bond acceptors (Lipinski definition) is 5. The number of rotatable bonds is 7. The zero-order valence-electron chi connectivity index (χ0n) is 17.8. The molecule has 0 amide bonds. The summed E-state index contributed by atoms with van der Waals surface area (Å²) < 4.78 is 81.2. The van der Waals surface area contributed by atoms with Crippen molar-refractivity contribution in [2.24, 2.45) is 4.99 Å². The van der Waals surface area contributed by atoms with E-state index in [9.17, 15) is 26.0 Å². The lowest BCUT2D eigenvalue weighted by Crippen LogP contribution is -2.30. The van der Waals surface area contributed by atoms with Crippen LogP contribution in [0.3, 0.4) is 0 Å². The second kappa shape index (κ2) is 10.5. The lowest BCUT2D eigenvalue weighted by molar-refractivity contribution is -0.153. The fourth-order valence-electron chi connectivity index (χ4n) is 2.80. The largest absolute Gasteiger partial charge is 0.484 e. The van der Waals surface area contributed by atoms with Crippen LogP contribution in [0.25, 0.3) is 0 Å². The van der Waals surface area contributed by atoms with Crippen LogP contribution in [0, 0.1) is 5.82 Å². The summed E-state index contributed by atoms with van der Waals surface area (Å²) in [6, 6.07) is 11.6. The van der Waals surface area contributed by atoms with E-state index in [1.807, 2.05) is 0 Å². The van der Waals surface area contributed by atoms with Crippen molar-refractivity contribution in [1.82, 2.24) is 10.3 Å². The van der Waals surface area contributed by atoms with Gasteiger partial charge in [0.2, 0.25) is 9.84 Å². The predicted octanol–water partition coefficient (Wildman–Crippen LogP) is 4.18. The molecule has 1 aromatic heterocycles. The summed E-state index contributed by atoms with van der Waals surface area (Å²) in [6.07, 6.45) is -1.40. The molecule has 0 aliphatic rings. The monoisotopic (exact) mass is 496 g/mol. The third-order valence-corrected chi connectivity index (χ3v) is 6.17. The van der Waals surface area contributed by atoms with Crippen molar-refractivity contribution in [3.63, 3.8) is 0 Å². The molecular weight excluding hydrogens is 476 g/mol. The van der Waals surface area contributed by atoms with E-state index in [2.05, 4.69) is 25.3 Å². The topological polar surface area (TPSA) is 92.7 Å². The van der Waals surface area contributed by atoms with Gasteiger partial charge < -0.3 is 15.4 Å². The summed E-state index contributed by atoms with van der Waals surface area (Å²) in [6.45, 7) is -1.35. The maximum absolute atomic E-state index is 13.9. The fourth-order valence-corrected chi connectivity index (χ4v) is 4.11. The van der Waals surface area contributed by atoms with Gasteiger partial charge in [0.15, 0.2) is 12.6 Å².